The second kappa shape index (κ2) is 6.23. The zero-order valence-corrected chi connectivity index (χ0v) is 10.3. The summed E-state index contributed by atoms with van der Waals surface area (Å²) >= 11 is -3.44. The molecule has 0 heterocycles. The minimum Gasteiger partial charge on any atom is -0.284 e. The van der Waals surface area contributed by atoms with Gasteiger partial charge in [-0.1, -0.05) is 0 Å². The van der Waals surface area contributed by atoms with Crippen molar-refractivity contribution in [2.45, 2.75) is 18.7 Å². The first-order chi connectivity index (χ1) is 9.45. The van der Waals surface area contributed by atoms with E-state index in [0.717, 1.165) is 0 Å². The van der Waals surface area contributed by atoms with Crippen molar-refractivity contribution in [2.75, 3.05) is 0 Å². The number of hydrogen-bond acceptors (Lipinski definition) is 2. The first-order valence-electron chi connectivity index (χ1n) is 4.81. The molecule has 0 aliphatic rings. The molecule has 21 heavy (non-hydrogen) atoms. The van der Waals surface area contributed by atoms with Crippen LogP contribution in [-0.4, -0.2) is 14.9 Å². The van der Waals surface area contributed by atoms with Gasteiger partial charge in [0.2, 0.25) is 5.82 Å². The lowest BCUT2D eigenvalue weighted by atomic mass is 10.0. The third-order valence-electron chi connectivity index (χ3n) is 2.18. The maximum absolute atomic E-state index is 13.3. The number of rotatable bonds is 4. The quantitative estimate of drug-likeness (QED) is 0.393. The van der Waals surface area contributed by atoms with Crippen LogP contribution in [-0.2, 0) is 15.5 Å². The molecule has 0 bridgehead atoms. The van der Waals surface area contributed by atoms with E-state index in [1.54, 1.807) is 0 Å². The van der Waals surface area contributed by atoms with Crippen LogP contribution in [0, 0.1) is 29.1 Å². The van der Waals surface area contributed by atoms with Crippen LogP contribution in [0.2, 0.25) is 0 Å². The number of benzene rings is 1. The average Bonchev–Trinajstić information content (AvgIpc) is 2.31. The molecule has 1 aromatic rings. The van der Waals surface area contributed by atoms with E-state index in [1.807, 2.05) is 0 Å². The predicted octanol–water partition coefficient (Wildman–Crippen LogP) is 3.53. The molecule has 0 saturated heterocycles. The Bertz CT molecular complexity index is 544. The van der Waals surface area contributed by atoms with Crippen molar-refractivity contribution in [3.05, 3.63) is 34.6 Å². The van der Waals surface area contributed by atoms with Crippen LogP contribution >= 0.6 is 0 Å². The van der Waals surface area contributed by atoms with Crippen LogP contribution in [0.4, 0.5) is 35.1 Å². The Morgan fingerprint density at radius 2 is 1.33 bits per heavy atom. The molecule has 0 amide bonds. The molecule has 0 spiro atoms. The molecule has 0 saturated carbocycles. The summed E-state index contributed by atoms with van der Waals surface area (Å²) in [5, 5.41) is 0. The van der Waals surface area contributed by atoms with E-state index >= 15 is 0 Å². The van der Waals surface area contributed by atoms with Gasteiger partial charge in [-0.05, 0) is 0 Å². The van der Waals surface area contributed by atoms with Gasteiger partial charge in [0.05, 0.1) is 12.0 Å². The highest BCUT2D eigenvalue weighted by atomic mass is 32.2. The van der Waals surface area contributed by atoms with E-state index < -0.39 is 64.7 Å². The van der Waals surface area contributed by atoms with E-state index in [0.29, 0.717) is 0 Å². The van der Waals surface area contributed by atoms with Crippen LogP contribution in [0.3, 0.4) is 0 Å². The molecule has 1 N–H and O–H groups in total. The minimum absolute atomic E-state index is 1.98. The second-order valence-corrected chi connectivity index (χ2v) is 4.23. The van der Waals surface area contributed by atoms with Crippen molar-refractivity contribution in [2.24, 2.45) is 0 Å². The highest BCUT2D eigenvalue weighted by Gasteiger charge is 2.39. The molecule has 2 atom stereocenters. The van der Waals surface area contributed by atoms with Gasteiger partial charge >= 0.3 is 17.5 Å². The largest absolute Gasteiger partial charge is 0.391 e. The normalized spacial score (nSPS) is 15.1. The Balaban J connectivity index is 3.47. The van der Waals surface area contributed by atoms with Gasteiger partial charge in [-0.25, -0.2) is 22.0 Å². The molecule has 0 radical (unpaired) electrons. The molecule has 0 aliphatic carbocycles. The van der Waals surface area contributed by atoms with Crippen molar-refractivity contribution < 1.29 is 48.1 Å². The maximum atomic E-state index is 13.3. The highest BCUT2D eigenvalue weighted by molar-refractivity contribution is 7.74. The summed E-state index contributed by atoms with van der Waals surface area (Å²) in [6, 6.07) is 0. The lowest BCUT2D eigenvalue weighted by molar-refractivity contribution is -0.151. The SMILES string of the molecule is O=S(O)OC(CC(F)(F)F)c1c(F)c(F)c(F)c(F)c1F. The average molecular weight is 344 g/mol. The first kappa shape index (κ1) is 17.8. The van der Waals surface area contributed by atoms with Gasteiger partial charge in [0.15, 0.2) is 23.3 Å². The van der Waals surface area contributed by atoms with Gasteiger partial charge in [-0.15, -0.1) is 0 Å². The van der Waals surface area contributed by atoms with Gasteiger partial charge in [0.25, 0.3) is 0 Å². The molecule has 120 valence electrons. The first-order valence-corrected chi connectivity index (χ1v) is 5.85. The summed E-state index contributed by atoms with van der Waals surface area (Å²) < 4.78 is 124. The molecule has 1 rings (SSSR count). The van der Waals surface area contributed by atoms with Gasteiger partial charge in [0.1, 0.15) is 6.10 Å². The van der Waals surface area contributed by atoms with Crippen LogP contribution in [0.5, 0.6) is 0 Å². The zero-order valence-electron chi connectivity index (χ0n) is 9.48. The monoisotopic (exact) mass is 344 g/mol. The van der Waals surface area contributed by atoms with Crippen molar-refractivity contribution in [1.82, 2.24) is 0 Å². The van der Waals surface area contributed by atoms with Crippen LogP contribution in [0.15, 0.2) is 0 Å². The van der Waals surface area contributed by atoms with Crippen LogP contribution < -0.4 is 0 Å². The Morgan fingerprint density at radius 3 is 1.67 bits per heavy atom. The van der Waals surface area contributed by atoms with Crippen molar-refractivity contribution in [3.8, 4) is 0 Å². The minimum atomic E-state index is -5.16. The van der Waals surface area contributed by atoms with Gasteiger partial charge in [-0.2, -0.15) is 17.4 Å². The van der Waals surface area contributed by atoms with Gasteiger partial charge < -0.3 is 0 Å². The topological polar surface area (TPSA) is 46.5 Å². The van der Waals surface area contributed by atoms with Crippen LogP contribution in [0.1, 0.15) is 18.1 Å². The molecule has 0 fully saturated rings. The number of alkyl halides is 3. The van der Waals surface area contributed by atoms with Crippen molar-refractivity contribution in [1.29, 1.82) is 0 Å². The third-order valence-corrected chi connectivity index (χ3v) is 2.58. The maximum Gasteiger partial charge on any atom is 0.391 e. The summed E-state index contributed by atoms with van der Waals surface area (Å²) in [6.45, 7) is 0. The Hall–Kier alpha value is -1.27. The summed E-state index contributed by atoms with van der Waals surface area (Å²) in [5.41, 5.74) is -1.98. The van der Waals surface area contributed by atoms with E-state index in [9.17, 15) is 39.3 Å². The molecule has 1 aromatic carbocycles. The van der Waals surface area contributed by atoms with Gasteiger partial charge in [-0.3, -0.25) is 8.74 Å². The molecule has 2 unspecified atom stereocenters. The second-order valence-electron chi connectivity index (χ2n) is 3.60. The summed E-state index contributed by atoms with van der Waals surface area (Å²) in [4.78, 5) is 0. The fraction of sp³-hybridized carbons (Fsp3) is 0.333. The lowest BCUT2D eigenvalue weighted by Crippen LogP contribution is -2.21. The predicted molar refractivity (Wildman–Crippen MR) is 51.5 cm³/mol. The fourth-order valence-corrected chi connectivity index (χ4v) is 1.76. The van der Waals surface area contributed by atoms with E-state index in [2.05, 4.69) is 4.18 Å². The molecule has 0 aromatic heterocycles. The molecule has 3 nitrogen and oxygen atoms in total. The molecular weight excluding hydrogens is 340 g/mol. The van der Waals surface area contributed by atoms with Gasteiger partial charge in [0, 0.05) is 0 Å². The Morgan fingerprint density at radius 1 is 0.952 bits per heavy atom. The fourth-order valence-electron chi connectivity index (χ4n) is 1.40. The van der Waals surface area contributed by atoms with Crippen molar-refractivity contribution >= 4 is 11.4 Å². The third kappa shape index (κ3) is 4.11. The smallest absolute Gasteiger partial charge is 0.284 e. The lowest BCUT2D eigenvalue weighted by Gasteiger charge is -2.19. The summed E-state index contributed by atoms with van der Waals surface area (Å²) in [6.07, 6.45) is -10.3. The van der Waals surface area contributed by atoms with E-state index in [1.165, 1.54) is 0 Å². The standard InChI is InChI=1S/C9H4F8O3S/c10-4-3(5(11)7(13)8(14)6(4)12)2(20-21(18)19)1-9(15,16)17/h2H,1H2,(H,18,19). The number of hydrogen-bond donors (Lipinski definition) is 1. The highest BCUT2D eigenvalue weighted by Crippen LogP contribution is 2.37. The molecule has 12 heteroatoms. The Kier molecular flexibility index (Phi) is 5.28. The van der Waals surface area contributed by atoms with Crippen molar-refractivity contribution in [3.63, 3.8) is 0 Å². The van der Waals surface area contributed by atoms with Crippen LogP contribution in [0.25, 0.3) is 0 Å². The Labute approximate surface area is 114 Å². The zero-order chi connectivity index (χ0) is 16.5. The molecular formula is C9H4F8O3S. The summed E-state index contributed by atoms with van der Waals surface area (Å²) in [7, 11) is 0. The van der Waals surface area contributed by atoms with E-state index in [-0.39, 0.29) is 0 Å². The van der Waals surface area contributed by atoms with E-state index in [4.69, 9.17) is 4.55 Å². The summed E-state index contributed by atoms with van der Waals surface area (Å²) in [5.74, 6) is -12.7. The number of halogens is 8. The molecule has 0 aliphatic heterocycles.